The number of carbonyl (C=O) groups is 2. The van der Waals surface area contributed by atoms with Crippen LogP contribution in [0.15, 0.2) is 24.3 Å². The zero-order valence-electron chi connectivity index (χ0n) is 7.69. The number of hydrogen-bond donors (Lipinski definition) is 2. The van der Waals surface area contributed by atoms with Crippen LogP contribution in [0.3, 0.4) is 0 Å². The predicted octanol–water partition coefficient (Wildman–Crippen LogP) is -0.0412. The van der Waals surface area contributed by atoms with Gasteiger partial charge in [-0.05, 0) is 12.1 Å². The highest BCUT2D eigenvalue weighted by Crippen LogP contribution is 2.01. The van der Waals surface area contributed by atoms with E-state index in [0.29, 0.717) is 11.1 Å². The normalized spacial score (nSPS) is 9.33. The monoisotopic (exact) mass is 206 g/mol. The minimum Gasteiger partial charge on any atom is -0.480 e. The van der Waals surface area contributed by atoms with Gasteiger partial charge in [0.2, 0.25) is 6.29 Å². The molecular weight excluding hydrogens is 198 g/mol. The van der Waals surface area contributed by atoms with E-state index >= 15 is 0 Å². The van der Waals surface area contributed by atoms with Gasteiger partial charge in [0.05, 0.1) is 0 Å². The van der Waals surface area contributed by atoms with E-state index in [1.807, 2.05) is 0 Å². The van der Waals surface area contributed by atoms with E-state index in [1.165, 1.54) is 24.3 Å². The summed E-state index contributed by atoms with van der Waals surface area (Å²) in [6, 6.07) is 5.72. The fourth-order valence-corrected chi connectivity index (χ4v) is 0.948. The van der Waals surface area contributed by atoms with Gasteiger partial charge in [0.1, 0.15) is 6.54 Å². The molecule has 0 spiro atoms. The number of amides is 1. The third-order valence-corrected chi connectivity index (χ3v) is 1.67. The Labute approximate surface area is 85.7 Å². The Morgan fingerprint density at radius 1 is 1.27 bits per heavy atom. The second kappa shape index (κ2) is 4.90. The summed E-state index contributed by atoms with van der Waals surface area (Å²) in [5, 5.41) is 10.5. The van der Waals surface area contributed by atoms with Crippen molar-refractivity contribution in [2.24, 2.45) is 0 Å². The zero-order chi connectivity index (χ0) is 11.3. The van der Waals surface area contributed by atoms with Gasteiger partial charge in [-0.3, -0.25) is 14.4 Å². The van der Waals surface area contributed by atoms with Crippen LogP contribution < -0.4 is 5.32 Å². The third kappa shape index (κ3) is 3.22. The molecule has 15 heavy (non-hydrogen) atoms. The van der Waals surface area contributed by atoms with Gasteiger partial charge < -0.3 is 10.4 Å². The van der Waals surface area contributed by atoms with Crippen molar-refractivity contribution in [1.29, 1.82) is 0 Å². The molecular formula is C10H8NO4. The molecule has 0 unspecified atom stereocenters. The number of carboxylic acid groups (broad SMARTS) is 1. The van der Waals surface area contributed by atoms with Gasteiger partial charge in [0.25, 0.3) is 5.91 Å². The van der Waals surface area contributed by atoms with Crippen LogP contribution in [0.1, 0.15) is 15.9 Å². The Balaban J connectivity index is 2.66. The molecule has 77 valence electrons. The van der Waals surface area contributed by atoms with E-state index < -0.39 is 18.4 Å². The van der Waals surface area contributed by atoms with E-state index in [0.717, 1.165) is 0 Å². The maximum Gasteiger partial charge on any atom is 0.322 e. The molecule has 1 radical (unpaired) electrons. The first kappa shape index (κ1) is 10.9. The van der Waals surface area contributed by atoms with Crippen LogP contribution in [0.2, 0.25) is 0 Å². The molecule has 0 aliphatic heterocycles. The number of carbonyl (C=O) groups excluding carboxylic acids is 2. The maximum atomic E-state index is 11.3. The molecule has 0 aliphatic rings. The third-order valence-electron chi connectivity index (χ3n) is 1.67. The molecule has 0 fully saturated rings. The van der Waals surface area contributed by atoms with Gasteiger partial charge >= 0.3 is 5.97 Å². The lowest BCUT2D eigenvalue weighted by molar-refractivity contribution is -0.135. The van der Waals surface area contributed by atoms with E-state index in [2.05, 4.69) is 5.32 Å². The molecule has 0 saturated carbocycles. The number of nitrogens with one attached hydrogen (secondary N) is 1. The molecule has 0 bridgehead atoms. The molecule has 0 heterocycles. The molecule has 0 saturated heterocycles. The lowest BCUT2D eigenvalue weighted by atomic mass is 10.1. The summed E-state index contributed by atoms with van der Waals surface area (Å²) < 4.78 is 0. The van der Waals surface area contributed by atoms with Crippen molar-refractivity contribution in [3.05, 3.63) is 35.4 Å². The van der Waals surface area contributed by atoms with Gasteiger partial charge in [0.15, 0.2) is 0 Å². The quantitative estimate of drug-likeness (QED) is 0.723. The van der Waals surface area contributed by atoms with Crippen molar-refractivity contribution in [1.82, 2.24) is 5.32 Å². The van der Waals surface area contributed by atoms with Crippen molar-refractivity contribution in [2.45, 2.75) is 0 Å². The van der Waals surface area contributed by atoms with Gasteiger partial charge in [-0.25, -0.2) is 0 Å². The molecule has 0 aromatic heterocycles. The molecule has 1 rings (SSSR count). The van der Waals surface area contributed by atoms with Gasteiger partial charge in [-0.2, -0.15) is 0 Å². The number of carboxylic acids is 1. The summed E-state index contributed by atoms with van der Waals surface area (Å²) in [7, 11) is 0. The lowest BCUT2D eigenvalue weighted by Gasteiger charge is -2.01. The van der Waals surface area contributed by atoms with Gasteiger partial charge in [0, 0.05) is 11.1 Å². The van der Waals surface area contributed by atoms with Crippen LogP contribution in [0.5, 0.6) is 0 Å². The highest BCUT2D eigenvalue weighted by molar-refractivity contribution is 5.96. The molecule has 0 aliphatic carbocycles. The van der Waals surface area contributed by atoms with Crippen molar-refractivity contribution in [3.8, 4) is 0 Å². The Kier molecular flexibility index (Phi) is 3.56. The van der Waals surface area contributed by atoms with Gasteiger partial charge in [-0.15, -0.1) is 0 Å². The van der Waals surface area contributed by atoms with Crippen molar-refractivity contribution in [3.63, 3.8) is 0 Å². The second-order valence-electron chi connectivity index (χ2n) is 2.76. The van der Waals surface area contributed by atoms with E-state index in [9.17, 15) is 14.4 Å². The first-order valence-electron chi connectivity index (χ1n) is 4.11. The van der Waals surface area contributed by atoms with Gasteiger partial charge in [-0.1, -0.05) is 12.1 Å². The highest BCUT2D eigenvalue weighted by Gasteiger charge is 2.06. The van der Waals surface area contributed by atoms with Crippen LogP contribution in [0, 0.1) is 0 Å². The summed E-state index contributed by atoms with van der Waals surface area (Å²) in [5.74, 6) is -1.60. The molecule has 1 aromatic carbocycles. The van der Waals surface area contributed by atoms with Crippen molar-refractivity contribution in [2.75, 3.05) is 6.54 Å². The minimum absolute atomic E-state index is 0.301. The van der Waals surface area contributed by atoms with E-state index in [4.69, 9.17) is 5.11 Å². The first-order chi connectivity index (χ1) is 7.13. The van der Waals surface area contributed by atoms with Crippen LogP contribution in [-0.4, -0.2) is 29.8 Å². The zero-order valence-corrected chi connectivity index (χ0v) is 7.69. The molecule has 5 heteroatoms. The number of hydrogen-bond acceptors (Lipinski definition) is 3. The Bertz CT molecular complexity index is 383. The standard InChI is InChI=1S/C10H8NO4/c12-6-7-1-3-8(4-2-7)10(15)11-5-9(13)14/h1-4H,5H2,(H,11,15)(H,13,14). The Morgan fingerprint density at radius 2 is 1.87 bits per heavy atom. The van der Waals surface area contributed by atoms with E-state index in [-0.39, 0.29) is 0 Å². The molecule has 0 atom stereocenters. The Hall–Kier alpha value is -2.17. The van der Waals surface area contributed by atoms with E-state index in [1.54, 1.807) is 6.29 Å². The average molecular weight is 206 g/mol. The molecule has 2 N–H and O–H groups in total. The van der Waals surface area contributed by atoms with Crippen molar-refractivity contribution >= 4 is 18.2 Å². The lowest BCUT2D eigenvalue weighted by Crippen LogP contribution is -2.29. The second-order valence-corrected chi connectivity index (χ2v) is 2.76. The van der Waals surface area contributed by atoms with Crippen LogP contribution in [0.25, 0.3) is 0 Å². The van der Waals surface area contributed by atoms with Crippen LogP contribution in [-0.2, 0) is 9.59 Å². The summed E-state index contributed by atoms with van der Waals surface area (Å²) in [4.78, 5) is 31.6. The summed E-state index contributed by atoms with van der Waals surface area (Å²) in [6.07, 6.45) is 1.67. The fraction of sp³-hybridized carbons (Fsp3) is 0.100. The SMILES string of the molecule is O=[C]c1ccc(C(=O)NCC(=O)O)cc1. The topological polar surface area (TPSA) is 83.5 Å². The summed E-state index contributed by atoms with van der Waals surface area (Å²) in [6.45, 7) is -0.430. The smallest absolute Gasteiger partial charge is 0.322 e. The summed E-state index contributed by atoms with van der Waals surface area (Å²) >= 11 is 0. The summed E-state index contributed by atoms with van der Waals surface area (Å²) in [5.41, 5.74) is 0.639. The molecule has 1 amide bonds. The average Bonchev–Trinajstić information content (AvgIpc) is 2.26. The molecule has 5 nitrogen and oxygen atoms in total. The maximum absolute atomic E-state index is 11.3. The minimum atomic E-state index is -1.11. The van der Waals surface area contributed by atoms with Crippen LogP contribution >= 0.6 is 0 Å². The van der Waals surface area contributed by atoms with Crippen molar-refractivity contribution < 1.29 is 19.5 Å². The number of aliphatic carboxylic acids is 1. The largest absolute Gasteiger partial charge is 0.480 e. The number of rotatable bonds is 4. The molecule has 1 aromatic rings. The highest BCUT2D eigenvalue weighted by atomic mass is 16.4. The predicted molar refractivity (Wildman–Crippen MR) is 51.2 cm³/mol. The fourth-order valence-electron chi connectivity index (χ4n) is 0.948. The van der Waals surface area contributed by atoms with Crippen LogP contribution in [0.4, 0.5) is 0 Å². The number of benzene rings is 1. The first-order valence-corrected chi connectivity index (χ1v) is 4.11. The Morgan fingerprint density at radius 3 is 2.33 bits per heavy atom.